The lowest BCUT2D eigenvalue weighted by molar-refractivity contribution is -0.146. The van der Waals surface area contributed by atoms with Gasteiger partial charge in [0.2, 0.25) is 47.3 Å². The van der Waals surface area contributed by atoms with Crippen molar-refractivity contribution in [1.29, 1.82) is 0 Å². The van der Waals surface area contributed by atoms with Gasteiger partial charge in [0.15, 0.2) is 0 Å². The number of carboxylic acid groups (broad SMARTS) is 1. The molecule has 6 aromatic carbocycles. The van der Waals surface area contributed by atoms with Gasteiger partial charge in [0.05, 0.1) is 31.6 Å². The largest absolute Gasteiger partial charge is 0.487 e. The number of ether oxygens (including phenoxy) is 5. The van der Waals surface area contributed by atoms with Crippen LogP contribution in [0.5, 0.6) is 11.5 Å². The van der Waals surface area contributed by atoms with Crippen LogP contribution >= 0.6 is 0 Å². The number of carboxylic acids is 1. The number of likely N-dealkylation sites (N-methyl/N-ethyl adjacent to an activating group) is 2. The van der Waals surface area contributed by atoms with Gasteiger partial charge in [0, 0.05) is 52.9 Å². The Morgan fingerprint density at radius 1 is 0.504 bits per heavy atom. The van der Waals surface area contributed by atoms with Crippen molar-refractivity contribution >= 4 is 92.9 Å². The van der Waals surface area contributed by atoms with Gasteiger partial charge in [-0.15, -0.1) is 10.2 Å². The number of benzene rings is 6. The number of methoxy groups -OCH3 is 1. The molecule has 666 valence electrons. The highest BCUT2D eigenvalue weighted by Gasteiger charge is 2.51. The van der Waals surface area contributed by atoms with E-state index in [1.807, 2.05) is 78.9 Å². The van der Waals surface area contributed by atoms with Crippen molar-refractivity contribution in [3.63, 3.8) is 0 Å². The van der Waals surface area contributed by atoms with E-state index in [0.29, 0.717) is 33.8 Å². The molecule has 125 heavy (non-hydrogen) atoms. The van der Waals surface area contributed by atoms with E-state index in [2.05, 4.69) is 52.5 Å². The molecule has 8 aromatic rings. The summed E-state index contributed by atoms with van der Waals surface area (Å²) in [7, 11) is 3.97. The molecule has 8 bridgehead atoms. The lowest BCUT2D eigenvalue weighted by Gasteiger charge is -2.37. The van der Waals surface area contributed by atoms with Crippen LogP contribution in [0.4, 0.5) is 9.59 Å². The Kier molecular flexibility index (Phi) is 28.8. The summed E-state index contributed by atoms with van der Waals surface area (Å²) >= 11 is 0. The molecule has 0 saturated carbocycles. The number of esters is 1. The van der Waals surface area contributed by atoms with E-state index in [-0.39, 0.29) is 76.2 Å². The molecular weight excluding hydrogens is 1610 g/mol. The van der Waals surface area contributed by atoms with Crippen molar-refractivity contribution in [3.05, 3.63) is 179 Å². The fraction of sp³-hybridized carbons (Fsp3) is 0.473. The first-order chi connectivity index (χ1) is 58.9. The van der Waals surface area contributed by atoms with Crippen molar-refractivity contribution in [2.24, 2.45) is 10.8 Å². The van der Waals surface area contributed by atoms with Crippen LogP contribution in [-0.2, 0) is 101 Å². The van der Waals surface area contributed by atoms with Crippen molar-refractivity contribution < 1.29 is 86.3 Å². The number of nitrogens with zero attached hydrogens (tertiary/aromatic N) is 10. The van der Waals surface area contributed by atoms with Gasteiger partial charge in [-0.05, 0) is 147 Å². The summed E-state index contributed by atoms with van der Waals surface area (Å²) in [5.74, 6) is -7.70. The summed E-state index contributed by atoms with van der Waals surface area (Å²) in [6.45, 7) is 22.9. The minimum Gasteiger partial charge on any atom is -0.487 e. The summed E-state index contributed by atoms with van der Waals surface area (Å²) in [6, 6.07) is 23.4. The first-order valence-electron chi connectivity index (χ1n) is 41.8. The van der Waals surface area contributed by atoms with Gasteiger partial charge in [-0.2, -0.15) is 0 Å². The minimum atomic E-state index is -1.59. The minimum absolute atomic E-state index is 0.0750. The summed E-state index contributed by atoms with van der Waals surface area (Å²) < 4.78 is 31.8. The molecule has 14 rings (SSSR count). The topological polar surface area (TPSA) is 418 Å². The molecular formula is C91H114N16O18. The average Bonchev–Trinajstić information content (AvgIpc) is 1.64. The highest BCUT2D eigenvalue weighted by atomic mass is 16.6. The van der Waals surface area contributed by atoms with Gasteiger partial charge < -0.3 is 70.5 Å². The van der Waals surface area contributed by atoms with Gasteiger partial charge >= 0.3 is 24.1 Å². The number of amides is 10. The Morgan fingerprint density at radius 2 is 0.872 bits per heavy atom. The molecule has 0 aliphatic carbocycles. The summed E-state index contributed by atoms with van der Waals surface area (Å²) in [5.41, 5.74) is -1.15. The monoisotopic (exact) mass is 1720 g/mol. The number of hydrogen-bond donors (Lipinski definition) is 7. The summed E-state index contributed by atoms with van der Waals surface area (Å²) in [5, 5.41) is 49.4. The number of fused-ring (bicyclic) bond motifs is 2. The van der Waals surface area contributed by atoms with E-state index >= 15 is 28.8 Å². The Morgan fingerprint density at radius 3 is 1.23 bits per heavy atom. The molecule has 6 aliphatic rings. The molecule has 34 heteroatoms. The zero-order valence-electron chi connectivity index (χ0n) is 73.7. The second-order valence-electron chi connectivity index (χ2n) is 36.3. The van der Waals surface area contributed by atoms with Gasteiger partial charge in [0.1, 0.15) is 108 Å². The fourth-order valence-corrected chi connectivity index (χ4v) is 15.3. The first kappa shape index (κ1) is 92.7. The van der Waals surface area contributed by atoms with Crippen molar-refractivity contribution in [3.8, 4) is 11.5 Å². The number of hydrogen-bond acceptors (Lipinski definition) is 21. The first-order valence-corrected chi connectivity index (χ1v) is 41.8. The Bertz CT molecular complexity index is 5300. The number of aliphatic carboxylic acids is 1. The lowest BCUT2D eigenvalue weighted by atomic mass is 9.85. The van der Waals surface area contributed by atoms with E-state index in [1.165, 1.54) is 54.2 Å². The van der Waals surface area contributed by atoms with Crippen molar-refractivity contribution in [1.82, 2.24) is 81.5 Å². The number of rotatable bonds is 14. The van der Waals surface area contributed by atoms with Crippen LogP contribution in [0.1, 0.15) is 155 Å². The second kappa shape index (κ2) is 38.8. The molecule has 10 amide bonds. The Hall–Kier alpha value is -13.0. The fourth-order valence-electron chi connectivity index (χ4n) is 15.3. The summed E-state index contributed by atoms with van der Waals surface area (Å²) in [4.78, 5) is 181. The average molecular weight is 1720 g/mol. The predicted octanol–water partition coefficient (Wildman–Crippen LogP) is 7.67. The maximum Gasteiger partial charge on any atom is 0.410 e. The maximum absolute atomic E-state index is 15.9. The zero-order chi connectivity index (χ0) is 90.9. The van der Waals surface area contributed by atoms with Gasteiger partial charge in [-0.25, -0.2) is 28.5 Å². The number of likely N-dealkylation sites (tertiary alicyclic amines) is 2. The van der Waals surface area contributed by atoms with E-state index in [1.54, 1.807) is 150 Å². The van der Waals surface area contributed by atoms with E-state index in [0.717, 1.165) is 31.3 Å². The van der Waals surface area contributed by atoms with Crippen LogP contribution in [-0.4, -0.2) is 232 Å². The normalized spacial score (nSPS) is 20.6. The third-order valence-electron chi connectivity index (χ3n) is 22.4. The van der Waals surface area contributed by atoms with Crippen LogP contribution < -0.4 is 41.4 Å². The number of aromatic nitrogens is 6. The smallest absolute Gasteiger partial charge is 0.410 e. The quantitative estimate of drug-likeness (QED) is 0.0405. The molecule has 12 unspecified atom stereocenters. The van der Waals surface area contributed by atoms with Gasteiger partial charge in [-0.3, -0.25) is 48.2 Å². The molecule has 2 aromatic heterocycles. The highest BCUT2D eigenvalue weighted by molar-refractivity contribution is 5.99. The molecule has 2 fully saturated rings. The van der Waals surface area contributed by atoms with Crippen molar-refractivity contribution in [2.75, 3.05) is 34.3 Å². The SMILES string of the molecule is COC(=O)C1Cc2ccc(cc2)OCc2cn(nn2)C2CCN(C(=O)C(NC(=O)C(C)N(C)C(=O)OC(C)(C)C)C(C)(C)C)C2C(=O)NC(Cc2ccc3ccccc3c2)C(=O)NC(C(=O)O)Cc2ccc(cc2)OCc2cn(nn2)C2CCN(C(=O)C(NC(=O)C(C)N(C)C(=O)OC(C)(C)C)C(C)(C)C)C2C(=O)NC(Cc2ccc3ccccc3c2)C(=O)N1. The number of nitrogens with one attached hydrogen (secondary N) is 6. The third kappa shape index (κ3) is 23.5. The Balaban J connectivity index is 0.944. The zero-order valence-corrected chi connectivity index (χ0v) is 73.7. The van der Waals surface area contributed by atoms with Gasteiger partial charge in [0.25, 0.3) is 0 Å². The standard InChI is InChI=1S/C91H114N16O18/c1-52(102(15)86(119)124-90(9,10)11)76(108)96-74(88(3,4)5)82(114)104-40-38-70-72(104)80(112)92-66(46-56-26-32-58-22-18-20-24-60(58)42-56)78(110)94-68(84(116)117)44-54-28-34-64(35-29-54)122-50-62-48-107(101-98-62)71-39-41-105(83(115)75(89(6,7)8)97-77(109)53(2)103(16)87(120)125-91(12,13)14)73(71)81(113)93-67(47-57-27-33-59-23-19-21-25-61(59)43-57)79(111)95-69(85(118)121-17)45-55-30-36-65(37-31-55)123-51-63-49-106(70)100-99-63/h18-37,42-43,48-49,52-53,66-75H,38-41,44-47,50-51H2,1-17H3,(H,92,112)(H,93,113)(H,94,110)(H,95,111)(H,96,108)(H,97,109)(H,116,117). The van der Waals surface area contributed by atoms with Crippen LogP contribution in [0.15, 0.2) is 146 Å². The molecule has 7 N–H and O–H groups in total. The number of carbonyl (C=O) groups is 12. The molecule has 0 radical (unpaired) electrons. The van der Waals surface area contributed by atoms with E-state index in [9.17, 15) is 33.9 Å². The highest BCUT2D eigenvalue weighted by Crippen LogP contribution is 2.36. The molecule has 34 nitrogen and oxygen atoms in total. The molecule has 2 saturated heterocycles. The van der Waals surface area contributed by atoms with Crippen LogP contribution in [0, 0.1) is 10.8 Å². The second-order valence-corrected chi connectivity index (χ2v) is 36.3. The van der Waals surface area contributed by atoms with Crippen molar-refractivity contribution in [2.45, 2.75) is 232 Å². The lowest BCUT2D eigenvalue weighted by Crippen LogP contribution is -2.62. The summed E-state index contributed by atoms with van der Waals surface area (Å²) in [6.07, 6.45) is 1.01. The number of carbonyl (C=O) groups excluding carboxylic acids is 11. The molecule has 6 aliphatic heterocycles. The predicted molar refractivity (Wildman–Crippen MR) is 460 cm³/mol. The molecule has 12 atom stereocenters. The van der Waals surface area contributed by atoms with Crippen LogP contribution in [0.25, 0.3) is 21.5 Å². The third-order valence-corrected chi connectivity index (χ3v) is 22.4. The van der Waals surface area contributed by atoms with Crippen LogP contribution in [0.2, 0.25) is 0 Å². The maximum atomic E-state index is 15.9. The molecule has 0 spiro atoms. The molecule has 8 heterocycles. The Labute approximate surface area is 725 Å². The van der Waals surface area contributed by atoms with Crippen LogP contribution in [0.3, 0.4) is 0 Å². The van der Waals surface area contributed by atoms with Gasteiger partial charge in [-0.1, -0.05) is 161 Å². The van der Waals surface area contributed by atoms with E-state index in [4.69, 9.17) is 23.7 Å². The van der Waals surface area contributed by atoms with E-state index < -0.39 is 166 Å².